The molecular formula is C13H18Cl2N2. The van der Waals surface area contributed by atoms with Crippen molar-refractivity contribution in [1.29, 1.82) is 0 Å². The van der Waals surface area contributed by atoms with Crippen LogP contribution in [0.2, 0.25) is 10.0 Å². The van der Waals surface area contributed by atoms with Crippen molar-refractivity contribution in [3.63, 3.8) is 0 Å². The highest BCUT2D eigenvalue weighted by Crippen LogP contribution is 2.26. The van der Waals surface area contributed by atoms with Gasteiger partial charge in [0.2, 0.25) is 0 Å². The van der Waals surface area contributed by atoms with E-state index < -0.39 is 0 Å². The van der Waals surface area contributed by atoms with E-state index in [0.717, 1.165) is 30.9 Å². The summed E-state index contributed by atoms with van der Waals surface area (Å²) < 4.78 is 0. The third-order valence-electron chi connectivity index (χ3n) is 2.36. The Morgan fingerprint density at radius 3 is 2.59 bits per heavy atom. The predicted molar refractivity (Wildman–Crippen MR) is 76.8 cm³/mol. The van der Waals surface area contributed by atoms with Crippen LogP contribution in [0.4, 0.5) is 5.69 Å². The summed E-state index contributed by atoms with van der Waals surface area (Å²) in [5.41, 5.74) is 0.834. The number of unbranched alkanes of at least 4 members (excludes halogenated alkanes) is 1. The molecule has 0 spiro atoms. The number of nitrogens with zero attached hydrogens (tertiary/aromatic N) is 1. The van der Waals surface area contributed by atoms with Crippen molar-refractivity contribution in [1.82, 2.24) is 5.32 Å². The Morgan fingerprint density at radius 1 is 1.24 bits per heavy atom. The maximum atomic E-state index is 5.95. The molecule has 17 heavy (non-hydrogen) atoms. The van der Waals surface area contributed by atoms with Gasteiger partial charge in [0.1, 0.15) is 5.84 Å². The average Bonchev–Trinajstić information content (AvgIpc) is 2.32. The Morgan fingerprint density at radius 2 is 2.00 bits per heavy atom. The van der Waals surface area contributed by atoms with Crippen LogP contribution in [0.25, 0.3) is 0 Å². The van der Waals surface area contributed by atoms with Gasteiger partial charge in [-0.25, -0.2) is 4.99 Å². The maximum Gasteiger partial charge on any atom is 0.102 e. The van der Waals surface area contributed by atoms with E-state index >= 15 is 0 Å². The Balaban J connectivity index is 2.72. The molecule has 0 fully saturated rings. The monoisotopic (exact) mass is 272 g/mol. The number of halogens is 2. The fourth-order valence-electron chi connectivity index (χ4n) is 1.36. The fraction of sp³-hybridized carbons (Fsp3) is 0.462. The number of hydrogen-bond donors (Lipinski definition) is 1. The zero-order valence-corrected chi connectivity index (χ0v) is 11.8. The summed E-state index contributed by atoms with van der Waals surface area (Å²) in [5.74, 6) is 0.983. The van der Waals surface area contributed by atoms with Crippen LogP contribution in [0.15, 0.2) is 23.2 Å². The van der Waals surface area contributed by atoms with Crippen molar-refractivity contribution < 1.29 is 0 Å². The van der Waals surface area contributed by atoms with Gasteiger partial charge in [-0.1, -0.05) is 43.5 Å². The molecule has 0 aliphatic heterocycles. The third kappa shape index (κ3) is 4.97. The first-order chi connectivity index (χ1) is 8.17. The Hall–Kier alpha value is -0.730. The predicted octanol–water partition coefficient (Wildman–Crippen LogP) is 4.82. The molecule has 0 saturated carbocycles. The highest BCUT2D eigenvalue weighted by atomic mass is 35.5. The lowest BCUT2D eigenvalue weighted by molar-refractivity contribution is 0.748. The summed E-state index contributed by atoms with van der Waals surface area (Å²) in [5, 5.41) is 4.42. The molecule has 0 amide bonds. The second kappa shape index (κ2) is 7.57. The molecule has 1 aromatic carbocycles. The smallest absolute Gasteiger partial charge is 0.102 e. The first-order valence-electron chi connectivity index (χ1n) is 5.93. The van der Waals surface area contributed by atoms with Crippen molar-refractivity contribution in [2.24, 2.45) is 4.99 Å². The molecule has 0 aliphatic rings. The van der Waals surface area contributed by atoms with E-state index in [2.05, 4.69) is 24.2 Å². The number of hydrogen-bond acceptors (Lipinski definition) is 1. The van der Waals surface area contributed by atoms with E-state index in [1.54, 1.807) is 12.1 Å². The van der Waals surface area contributed by atoms with E-state index in [1.807, 2.05) is 6.07 Å². The van der Waals surface area contributed by atoms with Crippen molar-refractivity contribution >= 4 is 34.7 Å². The second-order valence-electron chi connectivity index (χ2n) is 3.79. The molecule has 0 aliphatic carbocycles. The van der Waals surface area contributed by atoms with Crippen LogP contribution in [-0.2, 0) is 0 Å². The SMILES string of the molecule is CCCCN/C(CC)=N\c1ccc(Cl)c(Cl)c1. The zero-order valence-electron chi connectivity index (χ0n) is 10.3. The highest BCUT2D eigenvalue weighted by molar-refractivity contribution is 6.42. The molecule has 2 nitrogen and oxygen atoms in total. The number of benzene rings is 1. The molecule has 0 unspecified atom stereocenters. The number of nitrogens with one attached hydrogen (secondary N) is 1. The van der Waals surface area contributed by atoms with Crippen molar-refractivity contribution in [3.05, 3.63) is 28.2 Å². The lowest BCUT2D eigenvalue weighted by Crippen LogP contribution is -2.23. The summed E-state index contributed by atoms with van der Waals surface area (Å²) in [6.07, 6.45) is 3.21. The van der Waals surface area contributed by atoms with Gasteiger partial charge in [-0.05, 0) is 24.6 Å². The third-order valence-corrected chi connectivity index (χ3v) is 3.10. The minimum absolute atomic E-state index is 0.539. The summed E-state index contributed by atoms with van der Waals surface area (Å²) >= 11 is 11.8. The first-order valence-corrected chi connectivity index (χ1v) is 6.69. The fourth-order valence-corrected chi connectivity index (χ4v) is 1.66. The minimum Gasteiger partial charge on any atom is -0.374 e. The van der Waals surface area contributed by atoms with Crippen LogP contribution < -0.4 is 5.32 Å². The average molecular weight is 273 g/mol. The quantitative estimate of drug-likeness (QED) is 0.464. The van der Waals surface area contributed by atoms with E-state index in [1.165, 1.54) is 6.42 Å². The normalized spacial score (nSPS) is 11.6. The van der Waals surface area contributed by atoms with Gasteiger partial charge in [-0.3, -0.25) is 0 Å². The summed E-state index contributed by atoms with van der Waals surface area (Å²) in [6.45, 7) is 5.21. The van der Waals surface area contributed by atoms with E-state index in [0.29, 0.717) is 10.0 Å². The van der Waals surface area contributed by atoms with Crippen LogP contribution in [0, 0.1) is 0 Å². The van der Waals surface area contributed by atoms with E-state index in [9.17, 15) is 0 Å². The summed E-state index contributed by atoms with van der Waals surface area (Å²) in [6, 6.07) is 5.41. The van der Waals surface area contributed by atoms with Crippen LogP contribution >= 0.6 is 23.2 Å². The molecule has 0 saturated heterocycles. The van der Waals surface area contributed by atoms with Gasteiger partial charge < -0.3 is 5.32 Å². The standard InChI is InChI=1S/C13H18Cl2N2/c1-3-5-8-16-13(4-2)17-10-6-7-11(14)12(15)9-10/h6-7,9H,3-5,8H2,1-2H3,(H,16,17). The van der Waals surface area contributed by atoms with Crippen molar-refractivity contribution in [3.8, 4) is 0 Å². The van der Waals surface area contributed by atoms with Gasteiger partial charge in [-0.2, -0.15) is 0 Å². The van der Waals surface area contributed by atoms with Crippen LogP contribution in [0.5, 0.6) is 0 Å². The van der Waals surface area contributed by atoms with E-state index in [-0.39, 0.29) is 0 Å². The molecule has 1 N–H and O–H groups in total. The topological polar surface area (TPSA) is 24.4 Å². The van der Waals surface area contributed by atoms with Gasteiger partial charge in [-0.15, -0.1) is 0 Å². The maximum absolute atomic E-state index is 5.95. The lowest BCUT2D eigenvalue weighted by Gasteiger charge is -2.07. The molecule has 0 heterocycles. The van der Waals surface area contributed by atoms with Gasteiger partial charge >= 0.3 is 0 Å². The highest BCUT2D eigenvalue weighted by Gasteiger charge is 2.00. The van der Waals surface area contributed by atoms with Gasteiger partial charge in [0.05, 0.1) is 15.7 Å². The Labute approximate surface area is 113 Å². The minimum atomic E-state index is 0.539. The molecule has 0 bridgehead atoms. The van der Waals surface area contributed by atoms with E-state index in [4.69, 9.17) is 23.2 Å². The number of amidine groups is 1. The molecule has 94 valence electrons. The molecule has 0 radical (unpaired) electrons. The van der Waals surface area contributed by atoms with Crippen LogP contribution in [0.3, 0.4) is 0 Å². The second-order valence-corrected chi connectivity index (χ2v) is 4.61. The molecule has 4 heteroatoms. The summed E-state index contributed by atoms with van der Waals surface area (Å²) in [7, 11) is 0. The van der Waals surface area contributed by atoms with Crippen LogP contribution in [-0.4, -0.2) is 12.4 Å². The Kier molecular flexibility index (Phi) is 6.38. The zero-order chi connectivity index (χ0) is 12.7. The molecule has 0 atom stereocenters. The van der Waals surface area contributed by atoms with Crippen LogP contribution in [0.1, 0.15) is 33.1 Å². The molecule has 0 aromatic heterocycles. The molecule has 1 aromatic rings. The van der Waals surface area contributed by atoms with Crippen molar-refractivity contribution in [2.75, 3.05) is 6.54 Å². The Bertz CT molecular complexity index is 389. The number of aliphatic imine (C=N–C) groups is 1. The molecular weight excluding hydrogens is 255 g/mol. The molecule has 1 rings (SSSR count). The van der Waals surface area contributed by atoms with Gasteiger partial charge in [0.15, 0.2) is 0 Å². The largest absolute Gasteiger partial charge is 0.374 e. The number of rotatable bonds is 5. The van der Waals surface area contributed by atoms with Gasteiger partial charge in [0, 0.05) is 13.0 Å². The van der Waals surface area contributed by atoms with Crippen molar-refractivity contribution in [2.45, 2.75) is 33.1 Å². The first kappa shape index (κ1) is 14.3. The summed E-state index contributed by atoms with van der Waals surface area (Å²) in [4.78, 5) is 4.51. The van der Waals surface area contributed by atoms with Gasteiger partial charge in [0.25, 0.3) is 0 Å². The lowest BCUT2D eigenvalue weighted by atomic mass is 10.3.